The Balaban J connectivity index is 2.24. The van der Waals surface area contributed by atoms with E-state index in [4.69, 9.17) is 10.5 Å². The molecule has 1 unspecified atom stereocenters. The summed E-state index contributed by atoms with van der Waals surface area (Å²) in [4.78, 5) is 14.3. The van der Waals surface area contributed by atoms with Gasteiger partial charge in [-0.15, -0.1) is 0 Å². The highest BCUT2D eigenvalue weighted by Gasteiger charge is 2.25. The predicted molar refractivity (Wildman–Crippen MR) is 75.9 cm³/mol. The number of carbonyl (C=O) groups is 1. The third-order valence-corrected chi connectivity index (χ3v) is 3.92. The Hall–Kier alpha value is -1.55. The predicted octanol–water partition coefficient (Wildman–Crippen LogP) is 2.43. The molecule has 0 bridgehead atoms. The molecule has 4 nitrogen and oxygen atoms in total. The van der Waals surface area contributed by atoms with E-state index in [0.29, 0.717) is 17.3 Å². The van der Waals surface area contributed by atoms with E-state index >= 15 is 0 Å². The fraction of sp³-hybridized carbons (Fsp3) is 0.533. The number of anilines is 1. The first kappa shape index (κ1) is 13.9. The van der Waals surface area contributed by atoms with E-state index in [0.717, 1.165) is 25.1 Å². The summed E-state index contributed by atoms with van der Waals surface area (Å²) in [6.45, 7) is 4.07. The average molecular weight is 262 g/mol. The van der Waals surface area contributed by atoms with Crippen molar-refractivity contribution < 1.29 is 9.53 Å². The molecule has 0 aromatic heterocycles. The molecule has 1 aromatic rings. The molecule has 1 fully saturated rings. The molecular weight excluding hydrogens is 240 g/mol. The van der Waals surface area contributed by atoms with Crippen LogP contribution in [0.4, 0.5) is 5.69 Å². The fourth-order valence-corrected chi connectivity index (χ4v) is 2.89. The minimum atomic E-state index is -0.347. The zero-order valence-electron chi connectivity index (χ0n) is 11.7. The number of ether oxygens (including phenoxy) is 1. The molecule has 1 atom stereocenters. The van der Waals surface area contributed by atoms with E-state index in [2.05, 4.69) is 11.8 Å². The summed E-state index contributed by atoms with van der Waals surface area (Å²) in [5.41, 5.74) is 7.90. The van der Waals surface area contributed by atoms with Crippen molar-refractivity contribution in [3.05, 3.63) is 29.3 Å². The molecule has 1 aliphatic rings. The van der Waals surface area contributed by atoms with Gasteiger partial charge in [-0.05, 0) is 37.4 Å². The maximum Gasteiger partial charge on any atom is 0.340 e. The van der Waals surface area contributed by atoms with Crippen LogP contribution in [0.15, 0.2) is 18.2 Å². The maximum atomic E-state index is 11.9. The van der Waals surface area contributed by atoms with Crippen LogP contribution in [0.5, 0.6) is 0 Å². The standard InChI is InChI=1S/C15H22N2O2/c1-3-12-7-5-9-17(12)10-11-6-4-8-13(16)14(11)15(18)19-2/h4,6,8,12H,3,5,7,9-10,16H2,1-2H3. The van der Waals surface area contributed by atoms with Gasteiger partial charge >= 0.3 is 5.97 Å². The van der Waals surface area contributed by atoms with E-state index in [1.54, 1.807) is 6.07 Å². The van der Waals surface area contributed by atoms with Crippen LogP contribution in [0.2, 0.25) is 0 Å². The van der Waals surface area contributed by atoms with Gasteiger partial charge in [0.25, 0.3) is 0 Å². The second kappa shape index (κ2) is 6.06. The van der Waals surface area contributed by atoms with E-state index in [-0.39, 0.29) is 5.97 Å². The summed E-state index contributed by atoms with van der Waals surface area (Å²) < 4.78 is 4.84. The Morgan fingerprint density at radius 2 is 2.32 bits per heavy atom. The lowest BCUT2D eigenvalue weighted by atomic mass is 10.0. The van der Waals surface area contributed by atoms with Crippen LogP contribution in [0.3, 0.4) is 0 Å². The highest BCUT2D eigenvalue weighted by molar-refractivity contribution is 5.96. The number of benzene rings is 1. The molecule has 1 saturated heterocycles. The molecular formula is C15H22N2O2. The van der Waals surface area contributed by atoms with Gasteiger partial charge in [0.05, 0.1) is 12.7 Å². The third-order valence-electron chi connectivity index (χ3n) is 3.92. The van der Waals surface area contributed by atoms with Crippen LogP contribution in [-0.2, 0) is 11.3 Å². The van der Waals surface area contributed by atoms with Crippen LogP contribution < -0.4 is 5.73 Å². The number of methoxy groups -OCH3 is 1. The quantitative estimate of drug-likeness (QED) is 0.669. The monoisotopic (exact) mass is 262 g/mol. The van der Waals surface area contributed by atoms with Crippen molar-refractivity contribution in [3.8, 4) is 0 Å². The number of likely N-dealkylation sites (tertiary alicyclic amines) is 1. The average Bonchev–Trinajstić information content (AvgIpc) is 2.85. The highest BCUT2D eigenvalue weighted by Crippen LogP contribution is 2.25. The van der Waals surface area contributed by atoms with Crippen molar-refractivity contribution >= 4 is 11.7 Å². The van der Waals surface area contributed by atoms with Crippen molar-refractivity contribution in [2.75, 3.05) is 19.4 Å². The van der Waals surface area contributed by atoms with Gasteiger partial charge < -0.3 is 10.5 Å². The number of carbonyl (C=O) groups excluding carboxylic acids is 1. The van der Waals surface area contributed by atoms with Crippen molar-refractivity contribution in [2.24, 2.45) is 0 Å². The summed E-state index contributed by atoms with van der Waals surface area (Å²) in [6, 6.07) is 6.23. The zero-order chi connectivity index (χ0) is 13.8. The first-order chi connectivity index (χ1) is 9.17. The zero-order valence-corrected chi connectivity index (χ0v) is 11.7. The Labute approximate surface area is 114 Å². The lowest BCUT2D eigenvalue weighted by molar-refractivity contribution is 0.0599. The number of nitrogens with zero attached hydrogens (tertiary/aromatic N) is 1. The Kier molecular flexibility index (Phi) is 4.43. The van der Waals surface area contributed by atoms with Crippen LogP contribution in [0.1, 0.15) is 42.1 Å². The van der Waals surface area contributed by atoms with Crippen LogP contribution in [0, 0.1) is 0 Å². The molecule has 0 aliphatic carbocycles. The largest absolute Gasteiger partial charge is 0.465 e. The molecule has 0 spiro atoms. The molecule has 1 aliphatic heterocycles. The molecule has 2 N–H and O–H groups in total. The van der Waals surface area contributed by atoms with Gasteiger partial charge in [-0.25, -0.2) is 4.79 Å². The summed E-state index contributed by atoms with van der Waals surface area (Å²) >= 11 is 0. The Bertz CT molecular complexity index is 459. The summed E-state index contributed by atoms with van der Waals surface area (Å²) in [5, 5.41) is 0. The second-order valence-corrected chi connectivity index (χ2v) is 5.05. The van der Waals surface area contributed by atoms with Gasteiger partial charge in [0.2, 0.25) is 0 Å². The lowest BCUT2D eigenvalue weighted by Crippen LogP contribution is -2.29. The first-order valence-electron chi connectivity index (χ1n) is 6.87. The van der Waals surface area contributed by atoms with E-state index in [1.165, 1.54) is 20.0 Å². The van der Waals surface area contributed by atoms with E-state index in [1.807, 2.05) is 12.1 Å². The number of hydrogen-bond donors (Lipinski definition) is 1. The molecule has 0 radical (unpaired) electrons. The van der Waals surface area contributed by atoms with Gasteiger partial charge in [0, 0.05) is 18.3 Å². The SMILES string of the molecule is CCC1CCCN1Cc1cccc(N)c1C(=O)OC. The van der Waals surface area contributed by atoms with Gasteiger partial charge in [-0.1, -0.05) is 19.1 Å². The molecule has 104 valence electrons. The van der Waals surface area contributed by atoms with Crippen molar-refractivity contribution in [3.63, 3.8) is 0 Å². The Morgan fingerprint density at radius 3 is 3.00 bits per heavy atom. The van der Waals surface area contributed by atoms with Crippen molar-refractivity contribution in [1.82, 2.24) is 4.90 Å². The number of rotatable bonds is 4. The fourth-order valence-electron chi connectivity index (χ4n) is 2.89. The van der Waals surface area contributed by atoms with Crippen molar-refractivity contribution in [2.45, 2.75) is 38.8 Å². The topological polar surface area (TPSA) is 55.6 Å². The van der Waals surface area contributed by atoms with Gasteiger partial charge in [0.1, 0.15) is 0 Å². The van der Waals surface area contributed by atoms with Gasteiger partial charge in [0.15, 0.2) is 0 Å². The molecule has 1 heterocycles. The third kappa shape index (κ3) is 2.89. The minimum Gasteiger partial charge on any atom is -0.465 e. The summed E-state index contributed by atoms with van der Waals surface area (Å²) in [5.74, 6) is -0.347. The molecule has 4 heteroatoms. The normalized spacial score (nSPS) is 19.6. The van der Waals surface area contributed by atoms with Crippen LogP contribution in [0.25, 0.3) is 0 Å². The molecule has 1 aromatic carbocycles. The number of nitrogen functional groups attached to an aromatic ring is 1. The summed E-state index contributed by atoms with van der Waals surface area (Å²) in [6.07, 6.45) is 3.62. The van der Waals surface area contributed by atoms with E-state index in [9.17, 15) is 4.79 Å². The van der Waals surface area contributed by atoms with Crippen molar-refractivity contribution in [1.29, 1.82) is 0 Å². The van der Waals surface area contributed by atoms with Crippen LogP contribution >= 0.6 is 0 Å². The molecule has 19 heavy (non-hydrogen) atoms. The smallest absolute Gasteiger partial charge is 0.340 e. The first-order valence-corrected chi connectivity index (χ1v) is 6.87. The highest BCUT2D eigenvalue weighted by atomic mass is 16.5. The second-order valence-electron chi connectivity index (χ2n) is 5.05. The lowest BCUT2D eigenvalue weighted by Gasteiger charge is -2.24. The van der Waals surface area contributed by atoms with Gasteiger partial charge in [-0.3, -0.25) is 4.90 Å². The number of hydrogen-bond acceptors (Lipinski definition) is 4. The van der Waals surface area contributed by atoms with Gasteiger partial charge in [-0.2, -0.15) is 0 Å². The molecule has 0 amide bonds. The minimum absolute atomic E-state index is 0.347. The molecule has 2 rings (SSSR count). The number of esters is 1. The number of nitrogens with two attached hydrogens (primary N) is 1. The van der Waals surface area contributed by atoms with E-state index < -0.39 is 0 Å². The van der Waals surface area contributed by atoms with Crippen LogP contribution in [-0.4, -0.2) is 30.6 Å². The maximum absolute atomic E-state index is 11.9. The summed E-state index contributed by atoms with van der Waals surface area (Å²) in [7, 11) is 1.39. The Morgan fingerprint density at radius 1 is 1.53 bits per heavy atom. The molecule has 0 saturated carbocycles.